The molecule has 2 rings (SSSR count). The number of hydrogen-bond donors (Lipinski definition) is 2. The van der Waals surface area contributed by atoms with Crippen molar-refractivity contribution in [1.29, 1.82) is 5.26 Å². The molecule has 0 bridgehead atoms. The van der Waals surface area contributed by atoms with Crippen molar-refractivity contribution >= 4 is 17.5 Å². The van der Waals surface area contributed by atoms with Gasteiger partial charge in [0.2, 0.25) is 5.95 Å². The number of benzene rings is 1. The van der Waals surface area contributed by atoms with E-state index in [1.165, 1.54) is 0 Å². The van der Waals surface area contributed by atoms with Gasteiger partial charge < -0.3 is 11.1 Å². The first kappa shape index (κ1) is 10.8. The third-order valence-corrected chi connectivity index (χ3v) is 2.02. The molecule has 6 heteroatoms. The largest absolute Gasteiger partial charge is 0.368 e. The van der Waals surface area contributed by atoms with E-state index in [1.54, 1.807) is 24.3 Å². The summed E-state index contributed by atoms with van der Waals surface area (Å²) in [4.78, 5) is 7.24. The molecule has 0 spiro atoms. The first-order valence-corrected chi connectivity index (χ1v) is 4.74. The molecule has 17 heavy (non-hydrogen) atoms. The van der Waals surface area contributed by atoms with Crippen LogP contribution in [0.1, 0.15) is 5.56 Å². The Kier molecular flexibility index (Phi) is 2.83. The van der Waals surface area contributed by atoms with Gasteiger partial charge in [0.05, 0.1) is 17.8 Å². The maximum Gasteiger partial charge on any atom is 0.222 e. The molecule has 84 valence electrons. The van der Waals surface area contributed by atoms with Crippen LogP contribution in [0.5, 0.6) is 0 Å². The Morgan fingerprint density at radius 3 is 3.00 bits per heavy atom. The molecule has 0 amide bonds. The highest BCUT2D eigenvalue weighted by Gasteiger charge is 2.05. The van der Waals surface area contributed by atoms with Crippen molar-refractivity contribution < 1.29 is 4.39 Å². The zero-order chi connectivity index (χ0) is 12.3. The van der Waals surface area contributed by atoms with Crippen molar-refractivity contribution in [2.45, 2.75) is 0 Å². The number of anilines is 3. The van der Waals surface area contributed by atoms with Crippen LogP contribution in [0.25, 0.3) is 0 Å². The number of hydrogen-bond acceptors (Lipinski definition) is 5. The molecule has 1 aromatic carbocycles. The van der Waals surface area contributed by atoms with E-state index in [0.717, 1.165) is 6.20 Å². The summed E-state index contributed by atoms with van der Waals surface area (Å²) < 4.78 is 13.3. The summed E-state index contributed by atoms with van der Waals surface area (Å²) in [5.74, 6) is -0.653. The number of aromatic nitrogens is 2. The molecule has 1 heterocycles. The van der Waals surface area contributed by atoms with Crippen molar-refractivity contribution in [3.05, 3.63) is 41.8 Å². The first-order valence-electron chi connectivity index (χ1n) is 4.74. The van der Waals surface area contributed by atoms with Gasteiger partial charge in [0, 0.05) is 5.69 Å². The van der Waals surface area contributed by atoms with Crippen LogP contribution in [0.15, 0.2) is 30.5 Å². The van der Waals surface area contributed by atoms with Crippen LogP contribution < -0.4 is 11.1 Å². The zero-order valence-electron chi connectivity index (χ0n) is 8.68. The molecular weight excluding hydrogens is 221 g/mol. The Balaban J connectivity index is 2.31. The van der Waals surface area contributed by atoms with Crippen molar-refractivity contribution in [1.82, 2.24) is 9.97 Å². The fourth-order valence-electron chi connectivity index (χ4n) is 1.27. The predicted octanol–water partition coefficient (Wildman–Crippen LogP) is 1.81. The van der Waals surface area contributed by atoms with E-state index < -0.39 is 5.82 Å². The molecular formula is C11H8FN5. The third kappa shape index (κ3) is 2.46. The number of nitrogens with zero attached hydrogens (tertiary/aromatic N) is 3. The van der Waals surface area contributed by atoms with Gasteiger partial charge in [0.15, 0.2) is 11.6 Å². The Morgan fingerprint density at radius 1 is 1.41 bits per heavy atom. The number of nitriles is 1. The van der Waals surface area contributed by atoms with Crippen LogP contribution >= 0.6 is 0 Å². The molecule has 0 unspecified atom stereocenters. The van der Waals surface area contributed by atoms with Crippen molar-refractivity contribution in [2.24, 2.45) is 0 Å². The number of nitrogen functional groups attached to an aromatic ring is 1. The van der Waals surface area contributed by atoms with Crippen molar-refractivity contribution in [2.75, 3.05) is 11.1 Å². The maximum atomic E-state index is 13.3. The predicted molar refractivity (Wildman–Crippen MR) is 60.8 cm³/mol. The van der Waals surface area contributed by atoms with E-state index in [4.69, 9.17) is 11.0 Å². The maximum absolute atomic E-state index is 13.3. The number of rotatable bonds is 2. The fraction of sp³-hybridized carbons (Fsp3) is 0. The highest BCUT2D eigenvalue weighted by molar-refractivity contribution is 5.59. The molecule has 0 radical (unpaired) electrons. The summed E-state index contributed by atoms with van der Waals surface area (Å²) in [5.41, 5.74) is 6.38. The quantitative estimate of drug-likeness (QED) is 0.819. The van der Waals surface area contributed by atoms with Gasteiger partial charge >= 0.3 is 0 Å². The smallest absolute Gasteiger partial charge is 0.222 e. The van der Waals surface area contributed by atoms with E-state index in [2.05, 4.69) is 15.3 Å². The molecule has 1 aromatic heterocycles. The second-order valence-electron chi connectivity index (χ2n) is 3.24. The topological polar surface area (TPSA) is 87.6 Å². The SMILES string of the molecule is N#Cc1cccc(Nc2nc(N)ncc2F)c1. The lowest BCUT2D eigenvalue weighted by atomic mass is 10.2. The van der Waals surface area contributed by atoms with Gasteiger partial charge in [-0.05, 0) is 18.2 Å². The lowest BCUT2D eigenvalue weighted by Gasteiger charge is -2.06. The molecule has 0 atom stereocenters. The van der Waals surface area contributed by atoms with E-state index in [9.17, 15) is 4.39 Å². The average molecular weight is 229 g/mol. The van der Waals surface area contributed by atoms with Gasteiger partial charge in [0.25, 0.3) is 0 Å². The molecule has 0 aliphatic heterocycles. The number of halogens is 1. The van der Waals surface area contributed by atoms with Crippen LogP contribution in [0.2, 0.25) is 0 Å². The summed E-state index contributed by atoms with van der Waals surface area (Å²) in [6.45, 7) is 0. The van der Waals surface area contributed by atoms with Gasteiger partial charge in [0.1, 0.15) is 0 Å². The lowest BCUT2D eigenvalue weighted by Crippen LogP contribution is -2.02. The summed E-state index contributed by atoms with van der Waals surface area (Å²) in [5, 5.41) is 11.5. The minimum atomic E-state index is -0.610. The standard InChI is InChI=1S/C11H8FN5/c12-9-6-15-11(14)17-10(9)16-8-3-1-2-7(4-8)5-13/h1-4,6H,(H3,14,15,16,17). The molecule has 0 saturated heterocycles. The first-order chi connectivity index (χ1) is 8.19. The summed E-state index contributed by atoms with van der Waals surface area (Å²) in [6, 6.07) is 8.59. The van der Waals surface area contributed by atoms with Crippen molar-refractivity contribution in [3.8, 4) is 6.07 Å². The second kappa shape index (κ2) is 4.45. The van der Waals surface area contributed by atoms with Crippen LogP contribution in [0, 0.1) is 17.1 Å². The van der Waals surface area contributed by atoms with Crippen LogP contribution in [0.4, 0.5) is 21.8 Å². The summed E-state index contributed by atoms with van der Waals surface area (Å²) in [6.07, 6.45) is 0.985. The molecule has 0 aliphatic carbocycles. The van der Waals surface area contributed by atoms with Crippen molar-refractivity contribution in [3.63, 3.8) is 0 Å². The molecule has 2 aromatic rings. The Hall–Kier alpha value is -2.68. The summed E-state index contributed by atoms with van der Waals surface area (Å²) >= 11 is 0. The molecule has 0 saturated carbocycles. The number of nitrogens with two attached hydrogens (primary N) is 1. The van der Waals surface area contributed by atoms with E-state index >= 15 is 0 Å². The monoisotopic (exact) mass is 229 g/mol. The van der Waals surface area contributed by atoms with E-state index in [1.807, 2.05) is 6.07 Å². The highest BCUT2D eigenvalue weighted by atomic mass is 19.1. The Morgan fingerprint density at radius 2 is 2.24 bits per heavy atom. The van der Waals surface area contributed by atoms with Gasteiger partial charge in [-0.2, -0.15) is 10.2 Å². The van der Waals surface area contributed by atoms with Gasteiger partial charge in [-0.3, -0.25) is 0 Å². The summed E-state index contributed by atoms with van der Waals surface area (Å²) in [7, 11) is 0. The molecule has 0 aliphatic rings. The minimum absolute atomic E-state index is 0.0208. The lowest BCUT2D eigenvalue weighted by molar-refractivity contribution is 0.620. The normalized spacial score (nSPS) is 9.65. The van der Waals surface area contributed by atoms with Gasteiger partial charge in [-0.15, -0.1) is 0 Å². The Bertz CT molecular complexity index is 591. The second-order valence-corrected chi connectivity index (χ2v) is 3.24. The van der Waals surface area contributed by atoms with Crippen LogP contribution in [0.3, 0.4) is 0 Å². The average Bonchev–Trinajstić information content (AvgIpc) is 2.34. The number of nitrogens with one attached hydrogen (secondary N) is 1. The fourth-order valence-corrected chi connectivity index (χ4v) is 1.27. The molecule has 5 nitrogen and oxygen atoms in total. The highest BCUT2D eigenvalue weighted by Crippen LogP contribution is 2.18. The van der Waals surface area contributed by atoms with Gasteiger partial charge in [-0.1, -0.05) is 6.07 Å². The molecule has 3 N–H and O–H groups in total. The third-order valence-electron chi connectivity index (χ3n) is 2.02. The van der Waals surface area contributed by atoms with Gasteiger partial charge in [-0.25, -0.2) is 9.37 Å². The van der Waals surface area contributed by atoms with Crippen LogP contribution in [-0.4, -0.2) is 9.97 Å². The minimum Gasteiger partial charge on any atom is -0.368 e. The van der Waals surface area contributed by atoms with Crippen LogP contribution in [-0.2, 0) is 0 Å². The Labute approximate surface area is 96.7 Å². The van der Waals surface area contributed by atoms with E-state index in [0.29, 0.717) is 11.3 Å². The molecule has 0 fully saturated rings. The zero-order valence-corrected chi connectivity index (χ0v) is 8.68. The van der Waals surface area contributed by atoms with E-state index in [-0.39, 0.29) is 11.8 Å².